The highest BCUT2D eigenvalue weighted by Gasteiger charge is 2.41. The molecule has 146 valence electrons. The van der Waals surface area contributed by atoms with Crippen LogP contribution in [0.3, 0.4) is 0 Å². The van der Waals surface area contributed by atoms with Gasteiger partial charge in [-0.2, -0.15) is 8.42 Å². The van der Waals surface area contributed by atoms with Gasteiger partial charge in [0.2, 0.25) is 5.91 Å². The Hall–Kier alpha value is -1.74. The van der Waals surface area contributed by atoms with Crippen molar-refractivity contribution in [2.75, 3.05) is 22.5 Å². The van der Waals surface area contributed by atoms with E-state index in [0.717, 1.165) is 31.2 Å². The van der Waals surface area contributed by atoms with E-state index in [2.05, 4.69) is 4.72 Å². The normalized spacial score (nSPS) is 22.9. The van der Waals surface area contributed by atoms with Crippen LogP contribution in [0, 0.1) is 5.92 Å². The number of hydrogen-bond acceptors (Lipinski definition) is 5. The van der Waals surface area contributed by atoms with Gasteiger partial charge in [0.1, 0.15) is 6.04 Å². The summed E-state index contributed by atoms with van der Waals surface area (Å²) in [7, 11) is -4.01. The molecule has 2 fully saturated rings. The van der Waals surface area contributed by atoms with Gasteiger partial charge in [0, 0.05) is 18.2 Å². The van der Waals surface area contributed by atoms with Crippen LogP contribution in [0.4, 0.5) is 5.69 Å². The van der Waals surface area contributed by atoms with Gasteiger partial charge in [-0.25, -0.2) is 4.72 Å². The highest BCUT2D eigenvalue weighted by molar-refractivity contribution is 7.99. The Morgan fingerprint density at radius 2 is 1.93 bits per heavy atom. The third kappa shape index (κ3) is 3.54. The number of aryl methyl sites for hydroxylation is 1. The monoisotopic (exact) mass is 409 g/mol. The first-order valence-electron chi connectivity index (χ1n) is 9.28. The van der Waals surface area contributed by atoms with E-state index in [1.54, 1.807) is 17.0 Å². The molecule has 0 spiro atoms. The van der Waals surface area contributed by atoms with Crippen molar-refractivity contribution in [3.8, 4) is 0 Å². The van der Waals surface area contributed by atoms with Gasteiger partial charge in [-0.05, 0) is 37.3 Å². The van der Waals surface area contributed by atoms with Crippen LogP contribution in [0.25, 0.3) is 0 Å². The first-order valence-corrected chi connectivity index (χ1v) is 11.9. The third-order valence-corrected chi connectivity index (χ3v) is 7.94. The van der Waals surface area contributed by atoms with Crippen molar-refractivity contribution >= 4 is 39.5 Å². The minimum Gasteiger partial charge on any atom is -0.320 e. The molecule has 1 aliphatic carbocycles. The zero-order valence-electron chi connectivity index (χ0n) is 15.0. The smallest absolute Gasteiger partial charge is 0.320 e. The standard InChI is InChI=1S/C18H23N3O4S2/c22-17(16-11-26-12-20(16)18(23)14-6-3-7-14)19-27(24,25)21-10-4-8-13-5-1-2-9-15(13)21/h1-2,5,9,14,16H,3-4,6-8,10-12H2,(H,19,22)/t16-/m0/s1. The molecule has 2 heterocycles. The molecule has 1 N–H and O–H groups in total. The van der Waals surface area contributed by atoms with Crippen molar-refractivity contribution in [1.82, 2.24) is 9.62 Å². The maximum Gasteiger partial charge on any atom is 0.326 e. The Labute approximate surface area is 163 Å². The van der Waals surface area contributed by atoms with Crippen LogP contribution >= 0.6 is 11.8 Å². The van der Waals surface area contributed by atoms with Crippen LogP contribution < -0.4 is 9.03 Å². The number of para-hydroxylation sites is 1. The molecule has 1 aromatic rings. The maximum absolute atomic E-state index is 12.9. The van der Waals surface area contributed by atoms with Gasteiger partial charge < -0.3 is 4.90 Å². The lowest BCUT2D eigenvalue weighted by Crippen LogP contribution is -2.54. The molecule has 0 bridgehead atoms. The molecular weight excluding hydrogens is 386 g/mol. The van der Waals surface area contributed by atoms with Crippen molar-refractivity contribution in [3.63, 3.8) is 0 Å². The van der Waals surface area contributed by atoms with Gasteiger partial charge in [-0.3, -0.25) is 13.9 Å². The van der Waals surface area contributed by atoms with Crippen LogP contribution in [0.2, 0.25) is 0 Å². The van der Waals surface area contributed by atoms with Gasteiger partial charge in [-0.15, -0.1) is 11.8 Å². The minimum absolute atomic E-state index is 0.00965. The van der Waals surface area contributed by atoms with Crippen LogP contribution in [0.1, 0.15) is 31.2 Å². The molecule has 4 rings (SSSR count). The van der Waals surface area contributed by atoms with Gasteiger partial charge in [-0.1, -0.05) is 24.6 Å². The summed E-state index contributed by atoms with van der Waals surface area (Å²) in [5.74, 6) is 0.226. The number of carbonyl (C=O) groups is 2. The predicted octanol–water partition coefficient (Wildman–Crippen LogP) is 1.50. The lowest BCUT2D eigenvalue weighted by Gasteiger charge is -2.33. The molecule has 3 aliphatic rings. The predicted molar refractivity (Wildman–Crippen MR) is 104 cm³/mol. The number of nitrogens with one attached hydrogen (secondary N) is 1. The second kappa shape index (κ2) is 7.35. The fourth-order valence-electron chi connectivity index (χ4n) is 3.77. The number of fused-ring (bicyclic) bond motifs is 1. The first-order chi connectivity index (χ1) is 13.0. The van der Waals surface area contributed by atoms with Crippen molar-refractivity contribution < 1.29 is 18.0 Å². The zero-order valence-corrected chi connectivity index (χ0v) is 16.6. The summed E-state index contributed by atoms with van der Waals surface area (Å²) < 4.78 is 29.2. The van der Waals surface area contributed by atoms with E-state index >= 15 is 0 Å². The summed E-state index contributed by atoms with van der Waals surface area (Å²) in [6, 6.07) is 6.62. The summed E-state index contributed by atoms with van der Waals surface area (Å²) in [6.45, 7) is 0.337. The van der Waals surface area contributed by atoms with Crippen LogP contribution in [-0.4, -0.2) is 49.3 Å². The number of hydrogen-bond donors (Lipinski definition) is 1. The van der Waals surface area contributed by atoms with E-state index in [9.17, 15) is 18.0 Å². The Bertz CT molecular complexity index is 854. The fourth-order valence-corrected chi connectivity index (χ4v) is 6.24. The van der Waals surface area contributed by atoms with Gasteiger partial charge in [0.15, 0.2) is 0 Å². The average Bonchev–Trinajstić information content (AvgIpc) is 3.09. The third-order valence-electron chi connectivity index (χ3n) is 5.51. The summed E-state index contributed by atoms with van der Waals surface area (Å²) in [5, 5.41) is 0. The Morgan fingerprint density at radius 1 is 1.15 bits per heavy atom. The van der Waals surface area contributed by atoms with E-state index in [-0.39, 0.29) is 11.8 Å². The SMILES string of the molecule is O=C(NS(=O)(=O)N1CCCc2ccccc21)[C@@H]1CSCN1C(=O)C1CCC1. The van der Waals surface area contributed by atoms with Gasteiger partial charge in [0.05, 0.1) is 11.6 Å². The van der Waals surface area contributed by atoms with Gasteiger partial charge >= 0.3 is 10.2 Å². The van der Waals surface area contributed by atoms with Crippen molar-refractivity contribution in [3.05, 3.63) is 29.8 Å². The topological polar surface area (TPSA) is 86.8 Å². The van der Waals surface area contributed by atoms with E-state index < -0.39 is 22.2 Å². The van der Waals surface area contributed by atoms with E-state index in [4.69, 9.17) is 0 Å². The molecule has 0 unspecified atom stereocenters. The van der Waals surface area contributed by atoms with E-state index in [1.165, 1.54) is 16.1 Å². The molecule has 1 saturated carbocycles. The molecule has 1 saturated heterocycles. The van der Waals surface area contributed by atoms with Crippen molar-refractivity contribution in [2.24, 2.45) is 5.92 Å². The average molecular weight is 410 g/mol. The molecule has 0 radical (unpaired) electrons. The minimum atomic E-state index is -4.01. The quantitative estimate of drug-likeness (QED) is 0.814. The summed E-state index contributed by atoms with van der Waals surface area (Å²) in [6.07, 6.45) is 4.28. The molecular formula is C18H23N3O4S2. The Morgan fingerprint density at radius 3 is 2.67 bits per heavy atom. The van der Waals surface area contributed by atoms with E-state index in [1.807, 2.05) is 12.1 Å². The molecule has 1 atom stereocenters. The maximum atomic E-state index is 12.9. The van der Waals surface area contributed by atoms with Crippen LogP contribution in [-0.2, 0) is 26.2 Å². The molecule has 2 amide bonds. The highest BCUT2D eigenvalue weighted by Crippen LogP contribution is 2.33. The van der Waals surface area contributed by atoms with Gasteiger partial charge in [0.25, 0.3) is 5.91 Å². The Kier molecular flexibility index (Phi) is 5.07. The second-order valence-electron chi connectivity index (χ2n) is 7.23. The molecule has 27 heavy (non-hydrogen) atoms. The Balaban J connectivity index is 1.49. The number of benzene rings is 1. The molecule has 1 aromatic carbocycles. The molecule has 9 heteroatoms. The van der Waals surface area contributed by atoms with Crippen LogP contribution in [0.15, 0.2) is 24.3 Å². The first kappa shape index (κ1) is 18.6. The summed E-state index contributed by atoms with van der Waals surface area (Å²) >= 11 is 1.48. The largest absolute Gasteiger partial charge is 0.326 e. The van der Waals surface area contributed by atoms with Crippen molar-refractivity contribution in [2.45, 2.75) is 38.1 Å². The molecule has 7 nitrogen and oxygen atoms in total. The molecule has 2 aliphatic heterocycles. The lowest BCUT2D eigenvalue weighted by molar-refractivity contribution is -0.142. The summed E-state index contributed by atoms with van der Waals surface area (Å²) in [5.41, 5.74) is 1.58. The number of thioether (sulfide) groups is 1. The number of anilines is 1. The fraction of sp³-hybridized carbons (Fsp3) is 0.556. The lowest BCUT2D eigenvalue weighted by atomic mass is 9.84. The van der Waals surface area contributed by atoms with Crippen molar-refractivity contribution in [1.29, 1.82) is 0 Å². The number of nitrogens with zero attached hydrogens (tertiary/aromatic N) is 2. The van der Waals surface area contributed by atoms with Crippen LogP contribution in [0.5, 0.6) is 0 Å². The second-order valence-corrected chi connectivity index (χ2v) is 9.82. The van der Waals surface area contributed by atoms with E-state index in [0.29, 0.717) is 30.3 Å². The number of amides is 2. The number of rotatable bonds is 4. The summed E-state index contributed by atoms with van der Waals surface area (Å²) in [4.78, 5) is 26.8. The highest BCUT2D eigenvalue weighted by atomic mass is 32.2. The molecule has 0 aromatic heterocycles. The number of carbonyl (C=O) groups excluding carboxylic acids is 2. The zero-order chi connectivity index (χ0) is 19.0.